The summed E-state index contributed by atoms with van der Waals surface area (Å²) in [5, 5.41) is 4.97. The van der Waals surface area contributed by atoms with E-state index in [-0.39, 0.29) is 11.5 Å². The van der Waals surface area contributed by atoms with Crippen molar-refractivity contribution in [2.45, 2.75) is 34.6 Å². The molecule has 1 aromatic carbocycles. The van der Waals surface area contributed by atoms with Gasteiger partial charge in [0.05, 0.1) is 33.4 Å². The van der Waals surface area contributed by atoms with Crippen molar-refractivity contribution in [1.82, 2.24) is 14.8 Å². The molecule has 7 nitrogen and oxygen atoms in total. The van der Waals surface area contributed by atoms with Crippen LogP contribution in [-0.4, -0.2) is 38.9 Å². The molecule has 0 amide bonds. The summed E-state index contributed by atoms with van der Waals surface area (Å²) in [5.41, 5.74) is 4.54. The maximum atomic E-state index is 12.5. The molecule has 156 valence electrons. The first-order valence-corrected chi connectivity index (χ1v) is 9.72. The van der Waals surface area contributed by atoms with Crippen molar-refractivity contribution >= 4 is 29.1 Å². The molecule has 1 N–H and O–H groups in total. The van der Waals surface area contributed by atoms with Crippen LogP contribution in [0.25, 0.3) is 5.69 Å². The van der Waals surface area contributed by atoms with Gasteiger partial charge in [0.25, 0.3) is 0 Å². The Hall–Kier alpha value is -3.19. The third-order valence-corrected chi connectivity index (χ3v) is 5.50. The van der Waals surface area contributed by atoms with Crippen molar-refractivity contribution in [3.63, 3.8) is 0 Å². The number of Topliss-reactive ketones (excluding diaryl/α,β-unsaturated/α-hetero) is 2. The number of aromatic amines is 1. The van der Waals surface area contributed by atoms with Crippen LogP contribution >= 0.6 is 11.6 Å². The van der Waals surface area contributed by atoms with Gasteiger partial charge >= 0.3 is 5.97 Å². The number of ether oxygens (including phenoxy) is 1. The normalized spacial score (nSPS) is 10.9. The molecule has 2 aromatic heterocycles. The largest absolute Gasteiger partial charge is 0.454 e. The highest BCUT2D eigenvalue weighted by Crippen LogP contribution is 2.23. The maximum Gasteiger partial charge on any atom is 0.338 e. The summed E-state index contributed by atoms with van der Waals surface area (Å²) in [4.78, 5) is 39.4. The van der Waals surface area contributed by atoms with E-state index in [4.69, 9.17) is 16.3 Å². The number of rotatable bonds is 6. The highest BCUT2D eigenvalue weighted by Gasteiger charge is 2.21. The van der Waals surface area contributed by atoms with E-state index in [0.29, 0.717) is 27.4 Å². The molecular weight excluding hydrogens is 406 g/mol. The number of hydrogen-bond donors (Lipinski definition) is 1. The summed E-state index contributed by atoms with van der Waals surface area (Å²) in [5.74, 6) is -1.14. The smallest absolute Gasteiger partial charge is 0.338 e. The fraction of sp³-hybridized carbons (Fsp3) is 0.273. The summed E-state index contributed by atoms with van der Waals surface area (Å²) >= 11 is 6.18. The molecule has 0 spiro atoms. The zero-order valence-corrected chi connectivity index (χ0v) is 18.2. The van der Waals surface area contributed by atoms with Crippen molar-refractivity contribution in [3.8, 4) is 5.69 Å². The Labute approximate surface area is 179 Å². The molecule has 0 aliphatic rings. The molecule has 0 atom stereocenters. The van der Waals surface area contributed by atoms with Gasteiger partial charge in [0, 0.05) is 11.3 Å². The third-order valence-electron chi connectivity index (χ3n) is 4.95. The summed E-state index contributed by atoms with van der Waals surface area (Å²) in [7, 11) is 0. The highest BCUT2D eigenvalue weighted by atomic mass is 35.5. The van der Waals surface area contributed by atoms with Gasteiger partial charge in [0.2, 0.25) is 5.78 Å². The second-order valence-electron chi connectivity index (χ2n) is 7.12. The van der Waals surface area contributed by atoms with E-state index >= 15 is 0 Å². The molecule has 3 aromatic rings. The Morgan fingerprint density at radius 2 is 1.73 bits per heavy atom. The summed E-state index contributed by atoms with van der Waals surface area (Å²) < 4.78 is 6.86. The maximum absolute atomic E-state index is 12.5. The first kappa shape index (κ1) is 21.5. The van der Waals surface area contributed by atoms with Gasteiger partial charge in [-0.2, -0.15) is 5.10 Å². The topological polar surface area (TPSA) is 94.0 Å². The van der Waals surface area contributed by atoms with Crippen molar-refractivity contribution in [2.75, 3.05) is 6.61 Å². The molecule has 0 aliphatic carbocycles. The van der Waals surface area contributed by atoms with E-state index in [2.05, 4.69) is 10.1 Å². The molecule has 0 bridgehead atoms. The number of esters is 1. The summed E-state index contributed by atoms with van der Waals surface area (Å²) in [6.45, 7) is 8.12. The third kappa shape index (κ3) is 3.93. The molecule has 3 rings (SSSR count). The number of halogens is 1. The standard InChI is InChI=1S/C22H22ClN3O4/c1-11-19(15(5)27)12(2)24-21(11)18(28)10-30-22(29)16-6-8-17(9-7-16)26-14(4)20(23)13(3)25-26/h6-9,24H,10H2,1-5H3. The van der Waals surface area contributed by atoms with Gasteiger partial charge in [-0.25, -0.2) is 9.48 Å². The Morgan fingerprint density at radius 3 is 2.23 bits per heavy atom. The monoisotopic (exact) mass is 427 g/mol. The van der Waals surface area contributed by atoms with E-state index in [1.165, 1.54) is 6.92 Å². The number of carbonyl (C=O) groups excluding carboxylic acids is 3. The van der Waals surface area contributed by atoms with Crippen LogP contribution in [0.4, 0.5) is 0 Å². The number of ketones is 2. The minimum absolute atomic E-state index is 0.124. The molecule has 30 heavy (non-hydrogen) atoms. The van der Waals surface area contributed by atoms with Crippen LogP contribution in [0.2, 0.25) is 5.02 Å². The van der Waals surface area contributed by atoms with Crippen molar-refractivity contribution < 1.29 is 19.1 Å². The van der Waals surface area contributed by atoms with Crippen molar-refractivity contribution in [2.24, 2.45) is 0 Å². The Kier molecular flexibility index (Phi) is 5.94. The Morgan fingerprint density at radius 1 is 1.10 bits per heavy atom. The first-order chi connectivity index (χ1) is 14.1. The molecule has 0 radical (unpaired) electrons. The van der Waals surface area contributed by atoms with Crippen LogP contribution in [-0.2, 0) is 4.74 Å². The lowest BCUT2D eigenvalue weighted by molar-refractivity contribution is 0.0473. The second kappa shape index (κ2) is 8.28. The summed E-state index contributed by atoms with van der Waals surface area (Å²) in [6, 6.07) is 6.66. The van der Waals surface area contributed by atoms with Crippen LogP contribution < -0.4 is 0 Å². The second-order valence-corrected chi connectivity index (χ2v) is 7.50. The predicted octanol–water partition coefficient (Wildman–Crippen LogP) is 4.33. The number of carbonyl (C=O) groups is 3. The highest BCUT2D eigenvalue weighted by molar-refractivity contribution is 6.31. The number of aryl methyl sites for hydroxylation is 2. The minimum Gasteiger partial charge on any atom is -0.454 e. The van der Waals surface area contributed by atoms with Crippen LogP contribution in [0.3, 0.4) is 0 Å². The van der Waals surface area contributed by atoms with Gasteiger partial charge in [-0.05, 0) is 64.4 Å². The molecule has 0 aliphatic heterocycles. The predicted molar refractivity (Wildman–Crippen MR) is 113 cm³/mol. The molecule has 0 unspecified atom stereocenters. The van der Waals surface area contributed by atoms with Gasteiger partial charge in [-0.1, -0.05) is 11.6 Å². The van der Waals surface area contributed by atoms with Crippen LogP contribution in [0.5, 0.6) is 0 Å². The average molecular weight is 428 g/mol. The number of benzene rings is 1. The van der Waals surface area contributed by atoms with Gasteiger partial charge in [-0.3, -0.25) is 9.59 Å². The fourth-order valence-electron chi connectivity index (χ4n) is 3.46. The molecule has 0 saturated carbocycles. The van der Waals surface area contributed by atoms with Crippen LogP contribution in [0.15, 0.2) is 24.3 Å². The number of H-pyrrole nitrogens is 1. The van der Waals surface area contributed by atoms with Gasteiger partial charge in [0.1, 0.15) is 0 Å². The number of hydrogen-bond acceptors (Lipinski definition) is 5. The molecule has 0 fully saturated rings. The zero-order valence-electron chi connectivity index (χ0n) is 17.4. The Balaban J connectivity index is 1.69. The molecule has 2 heterocycles. The van der Waals surface area contributed by atoms with Crippen molar-refractivity contribution in [1.29, 1.82) is 0 Å². The van der Waals surface area contributed by atoms with Gasteiger partial charge in [0.15, 0.2) is 12.4 Å². The SMILES string of the molecule is CC(=O)c1c(C)[nH]c(C(=O)COC(=O)c2ccc(-n3nc(C)c(Cl)c3C)cc2)c1C. The van der Waals surface area contributed by atoms with Crippen LogP contribution in [0.1, 0.15) is 60.8 Å². The van der Waals surface area contributed by atoms with Crippen LogP contribution in [0, 0.1) is 27.7 Å². The zero-order chi connectivity index (χ0) is 22.2. The molecular formula is C22H22ClN3O4. The number of nitrogens with zero attached hydrogens (tertiary/aromatic N) is 2. The first-order valence-electron chi connectivity index (χ1n) is 9.34. The van der Waals surface area contributed by atoms with Gasteiger partial charge < -0.3 is 9.72 Å². The minimum atomic E-state index is -0.617. The quantitative estimate of drug-likeness (QED) is 0.466. The van der Waals surface area contributed by atoms with E-state index in [0.717, 1.165) is 17.1 Å². The Bertz CT molecular complexity index is 1160. The van der Waals surface area contributed by atoms with Crippen molar-refractivity contribution in [3.05, 3.63) is 68.8 Å². The molecule has 0 saturated heterocycles. The van der Waals surface area contributed by atoms with E-state index in [1.807, 2.05) is 13.8 Å². The lowest BCUT2D eigenvalue weighted by Gasteiger charge is -2.07. The summed E-state index contributed by atoms with van der Waals surface area (Å²) in [6.07, 6.45) is 0. The van der Waals surface area contributed by atoms with E-state index in [1.54, 1.807) is 42.8 Å². The number of nitrogens with one attached hydrogen (secondary N) is 1. The lowest BCUT2D eigenvalue weighted by atomic mass is 10.1. The van der Waals surface area contributed by atoms with Gasteiger partial charge in [-0.15, -0.1) is 0 Å². The lowest BCUT2D eigenvalue weighted by Crippen LogP contribution is -2.15. The average Bonchev–Trinajstić information content (AvgIpc) is 3.15. The molecule has 8 heteroatoms. The van der Waals surface area contributed by atoms with E-state index in [9.17, 15) is 14.4 Å². The fourth-order valence-corrected chi connectivity index (χ4v) is 3.58. The number of aromatic nitrogens is 3. The van der Waals surface area contributed by atoms with E-state index < -0.39 is 18.4 Å².